The normalized spacial score (nSPS) is 26.4. The fourth-order valence-corrected chi connectivity index (χ4v) is 4.86. The summed E-state index contributed by atoms with van der Waals surface area (Å²) in [5, 5.41) is 4.37. The third kappa shape index (κ3) is 3.12. The third-order valence-electron chi connectivity index (χ3n) is 3.83. The molecule has 1 nitrogen and oxygen atoms in total. The van der Waals surface area contributed by atoms with Crippen LogP contribution in [-0.4, -0.2) is 17.8 Å². The lowest BCUT2D eigenvalue weighted by Crippen LogP contribution is -2.43. The van der Waals surface area contributed by atoms with Crippen molar-refractivity contribution in [2.75, 3.05) is 6.54 Å². The molecule has 0 spiro atoms. The molecule has 3 heteroatoms. The van der Waals surface area contributed by atoms with E-state index in [2.05, 4.69) is 66.3 Å². The van der Waals surface area contributed by atoms with E-state index in [0.29, 0.717) is 16.7 Å². The van der Waals surface area contributed by atoms with Gasteiger partial charge in [0.05, 0.1) is 0 Å². The fraction of sp³-hybridized carbons (Fsp3) is 0.600. The summed E-state index contributed by atoms with van der Waals surface area (Å²) >= 11 is 5.67. The molecule has 2 rings (SSSR count). The fourth-order valence-electron chi connectivity index (χ4n) is 2.80. The second-order valence-electron chi connectivity index (χ2n) is 5.65. The van der Waals surface area contributed by atoms with Crippen molar-refractivity contribution in [2.45, 2.75) is 49.8 Å². The minimum absolute atomic E-state index is 0.412. The first-order valence-electron chi connectivity index (χ1n) is 6.69. The Labute approximate surface area is 123 Å². The molecule has 1 aliphatic carbocycles. The van der Waals surface area contributed by atoms with Crippen molar-refractivity contribution in [1.82, 2.24) is 5.32 Å². The average Bonchev–Trinajstić information content (AvgIpc) is 2.60. The lowest BCUT2D eigenvalue weighted by atomic mass is 9.87. The van der Waals surface area contributed by atoms with Gasteiger partial charge in [-0.05, 0) is 52.9 Å². The van der Waals surface area contributed by atoms with Gasteiger partial charge in [0.15, 0.2) is 0 Å². The molecule has 2 unspecified atom stereocenters. The Morgan fingerprint density at radius 2 is 2.11 bits per heavy atom. The van der Waals surface area contributed by atoms with Gasteiger partial charge in [-0.15, -0.1) is 11.8 Å². The summed E-state index contributed by atoms with van der Waals surface area (Å²) < 4.78 is 1.22. The van der Waals surface area contributed by atoms with Crippen LogP contribution >= 0.6 is 27.7 Å². The minimum atomic E-state index is 0.412. The predicted octanol–water partition coefficient (Wildman–Crippen LogP) is 4.71. The average molecular weight is 328 g/mol. The lowest BCUT2D eigenvalue weighted by molar-refractivity contribution is 0.290. The third-order valence-corrected chi connectivity index (χ3v) is 6.20. The molecule has 1 aromatic rings. The molecule has 0 heterocycles. The van der Waals surface area contributed by atoms with Gasteiger partial charge in [0.1, 0.15) is 0 Å². The molecule has 0 amide bonds. The largest absolute Gasteiger partial charge is 0.313 e. The summed E-state index contributed by atoms with van der Waals surface area (Å²) in [6, 6.07) is 9.15. The second-order valence-corrected chi connectivity index (χ2v) is 7.78. The first-order chi connectivity index (χ1) is 8.54. The predicted molar refractivity (Wildman–Crippen MR) is 84.3 cm³/mol. The van der Waals surface area contributed by atoms with Gasteiger partial charge in [-0.1, -0.05) is 32.9 Å². The highest BCUT2D eigenvalue weighted by Crippen LogP contribution is 2.46. The van der Waals surface area contributed by atoms with Gasteiger partial charge in [0.25, 0.3) is 0 Å². The van der Waals surface area contributed by atoms with Gasteiger partial charge >= 0.3 is 0 Å². The van der Waals surface area contributed by atoms with E-state index in [9.17, 15) is 0 Å². The highest BCUT2D eigenvalue weighted by molar-refractivity contribution is 9.10. The van der Waals surface area contributed by atoms with Crippen molar-refractivity contribution in [3.05, 3.63) is 28.7 Å². The van der Waals surface area contributed by atoms with Crippen LogP contribution < -0.4 is 5.32 Å². The van der Waals surface area contributed by atoms with Crippen LogP contribution in [-0.2, 0) is 0 Å². The number of hydrogen-bond acceptors (Lipinski definition) is 2. The van der Waals surface area contributed by atoms with Crippen LogP contribution in [0.1, 0.15) is 33.6 Å². The zero-order valence-corrected chi connectivity index (χ0v) is 13.8. The van der Waals surface area contributed by atoms with Crippen molar-refractivity contribution < 1.29 is 0 Å². The minimum Gasteiger partial charge on any atom is -0.313 e. The Bertz CT molecular complexity index is 405. The molecule has 100 valence electrons. The maximum atomic E-state index is 3.69. The molecule has 1 fully saturated rings. The summed E-state index contributed by atoms with van der Waals surface area (Å²) in [6.07, 6.45) is 2.61. The Morgan fingerprint density at radius 3 is 2.78 bits per heavy atom. The van der Waals surface area contributed by atoms with Crippen LogP contribution in [0.4, 0.5) is 0 Å². The summed E-state index contributed by atoms with van der Waals surface area (Å²) in [7, 11) is 0. The molecule has 0 aliphatic heterocycles. The molecule has 1 aliphatic rings. The van der Waals surface area contributed by atoms with Crippen molar-refractivity contribution >= 4 is 27.7 Å². The Kier molecular flexibility index (Phi) is 4.79. The van der Waals surface area contributed by atoms with Gasteiger partial charge < -0.3 is 5.32 Å². The van der Waals surface area contributed by atoms with Gasteiger partial charge in [0.2, 0.25) is 0 Å². The van der Waals surface area contributed by atoms with E-state index < -0.39 is 0 Å². The van der Waals surface area contributed by atoms with E-state index in [-0.39, 0.29) is 0 Å². The zero-order chi connectivity index (χ0) is 13.2. The van der Waals surface area contributed by atoms with Crippen LogP contribution in [0.2, 0.25) is 0 Å². The van der Waals surface area contributed by atoms with E-state index in [4.69, 9.17) is 0 Å². The number of halogens is 1. The van der Waals surface area contributed by atoms with Gasteiger partial charge in [0, 0.05) is 20.7 Å². The molecule has 0 radical (unpaired) electrons. The monoisotopic (exact) mass is 327 g/mol. The van der Waals surface area contributed by atoms with Crippen molar-refractivity contribution in [2.24, 2.45) is 5.41 Å². The summed E-state index contributed by atoms with van der Waals surface area (Å²) in [5.74, 6) is 0. The van der Waals surface area contributed by atoms with Crippen molar-refractivity contribution in [3.8, 4) is 0 Å². The Hall–Kier alpha value is 0.01000. The Balaban J connectivity index is 2.12. The molecular formula is C15H22BrNS. The molecular weight excluding hydrogens is 306 g/mol. The quantitative estimate of drug-likeness (QED) is 0.859. The van der Waals surface area contributed by atoms with E-state index in [1.54, 1.807) is 0 Å². The topological polar surface area (TPSA) is 12.0 Å². The van der Waals surface area contributed by atoms with Crippen LogP contribution in [0.25, 0.3) is 0 Å². The van der Waals surface area contributed by atoms with E-state index >= 15 is 0 Å². The summed E-state index contributed by atoms with van der Waals surface area (Å²) in [4.78, 5) is 1.36. The summed E-state index contributed by atoms with van der Waals surface area (Å²) in [5.41, 5.74) is 0.412. The number of nitrogens with one attached hydrogen (secondary N) is 1. The van der Waals surface area contributed by atoms with Crippen molar-refractivity contribution in [1.29, 1.82) is 0 Å². The molecule has 1 saturated carbocycles. The standard InChI is InChI=1S/C15H22BrNS/c1-4-17-14-13(9-10-15(14,2)3)18-12-8-6-5-7-11(12)16/h5-8,13-14,17H,4,9-10H2,1-3H3. The zero-order valence-electron chi connectivity index (χ0n) is 11.4. The summed E-state index contributed by atoms with van der Waals surface area (Å²) in [6.45, 7) is 8.04. The number of hydrogen-bond donors (Lipinski definition) is 1. The van der Waals surface area contributed by atoms with Crippen LogP contribution in [0, 0.1) is 5.41 Å². The molecule has 2 atom stereocenters. The maximum Gasteiger partial charge on any atom is 0.0311 e. The van der Waals surface area contributed by atoms with Crippen LogP contribution in [0.15, 0.2) is 33.6 Å². The first kappa shape index (κ1) is 14.4. The maximum absolute atomic E-state index is 3.69. The van der Waals surface area contributed by atoms with Gasteiger partial charge in [-0.2, -0.15) is 0 Å². The second kappa shape index (κ2) is 5.98. The molecule has 0 saturated heterocycles. The van der Waals surface area contributed by atoms with E-state index in [0.717, 1.165) is 6.54 Å². The van der Waals surface area contributed by atoms with Gasteiger partial charge in [-0.3, -0.25) is 0 Å². The highest BCUT2D eigenvalue weighted by Gasteiger charge is 2.41. The number of benzene rings is 1. The lowest BCUT2D eigenvalue weighted by Gasteiger charge is -2.31. The number of thioether (sulfide) groups is 1. The number of rotatable bonds is 4. The van der Waals surface area contributed by atoms with E-state index in [1.807, 2.05) is 11.8 Å². The SMILES string of the molecule is CCNC1C(Sc2ccccc2Br)CCC1(C)C. The molecule has 0 bridgehead atoms. The molecule has 0 aromatic heterocycles. The Morgan fingerprint density at radius 1 is 1.39 bits per heavy atom. The van der Waals surface area contributed by atoms with Crippen LogP contribution in [0.3, 0.4) is 0 Å². The first-order valence-corrected chi connectivity index (χ1v) is 8.36. The van der Waals surface area contributed by atoms with E-state index in [1.165, 1.54) is 22.2 Å². The molecule has 1 aromatic carbocycles. The van der Waals surface area contributed by atoms with Gasteiger partial charge in [-0.25, -0.2) is 0 Å². The molecule has 1 N–H and O–H groups in total. The van der Waals surface area contributed by atoms with Crippen molar-refractivity contribution in [3.63, 3.8) is 0 Å². The molecule has 18 heavy (non-hydrogen) atoms. The van der Waals surface area contributed by atoms with Crippen LogP contribution in [0.5, 0.6) is 0 Å². The smallest absolute Gasteiger partial charge is 0.0311 e. The highest BCUT2D eigenvalue weighted by atomic mass is 79.9.